The van der Waals surface area contributed by atoms with E-state index >= 15 is 0 Å². The molecule has 0 bridgehead atoms. The Morgan fingerprint density at radius 1 is 1.29 bits per heavy atom. The molecule has 3 aromatic heterocycles. The van der Waals surface area contributed by atoms with Crippen molar-refractivity contribution < 1.29 is 4.79 Å². The van der Waals surface area contributed by atoms with Crippen LogP contribution in [0.5, 0.6) is 0 Å². The van der Waals surface area contributed by atoms with Crippen molar-refractivity contribution in [2.24, 2.45) is 7.05 Å². The molecule has 0 aromatic carbocycles. The number of aryl methyl sites for hydroxylation is 2. The summed E-state index contributed by atoms with van der Waals surface area (Å²) in [6.07, 6.45) is 4.32. The van der Waals surface area contributed by atoms with Crippen molar-refractivity contribution in [1.82, 2.24) is 29.5 Å². The van der Waals surface area contributed by atoms with Gasteiger partial charge < -0.3 is 5.10 Å². The number of hydrogen-bond donors (Lipinski definition) is 1. The van der Waals surface area contributed by atoms with Crippen molar-refractivity contribution in [3.63, 3.8) is 0 Å². The molecule has 3 aromatic rings. The smallest absolute Gasteiger partial charge is 0.277 e. The molecule has 3 heterocycles. The second-order valence-electron chi connectivity index (χ2n) is 4.52. The molecule has 0 fully saturated rings. The molecule has 0 aliphatic rings. The highest BCUT2D eigenvalue weighted by Crippen LogP contribution is 2.12. The van der Waals surface area contributed by atoms with Crippen LogP contribution < -0.4 is 5.56 Å². The number of ketones is 1. The highest BCUT2D eigenvalue weighted by molar-refractivity contribution is 6.09. The van der Waals surface area contributed by atoms with Crippen molar-refractivity contribution in [1.29, 1.82) is 0 Å². The van der Waals surface area contributed by atoms with Crippen LogP contribution in [0.3, 0.4) is 0 Å². The Morgan fingerprint density at radius 2 is 2.10 bits per heavy atom. The van der Waals surface area contributed by atoms with Crippen LogP contribution in [-0.4, -0.2) is 35.3 Å². The Hall–Kier alpha value is -3.03. The van der Waals surface area contributed by atoms with E-state index in [1.165, 1.54) is 28.2 Å². The molecule has 0 atom stereocenters. The average molecular weight is 284 g/mol. The first kappa shape index (κ1) is 13.0. The van der Waals surface area contributed by atoms with Crippen molar-refractivity contribution >= 4 is 5.78 Å². The van der Waals surface area contributed by atoms with E-state index in [1.807, 2.05) is 0 Å². The summed E-state index contributed by atoms with van der Waals surface area (Å²) in [5, 5.41) is 6.66. The molecule has 21 heavy (non-hydrogen) atoms. The monoisotopic (exact) mass is 284 g/mol. The maximum atomic E-state index is 12.4. The molecule has 1 N–H and O–H groups in total. The van der Waals surface area contributed by atoms with Gasteiger partial charge >= 0.3 is 0 Å². The second kappa shape index (κ2) is 4.82. The molecule has 8 heteroatoms. The Bertz CT molecular complexity index is 859. The lowest BCUT2D eigenvalue weighted by molar-refractivity contribution is 0.103. The minimum Gasteiger partial charge on any atom is -0.302 e. The van der Waals surface area contributed by atoms with Crippen molar-refractivity contribution in [3.8, 4) is 5.82 Å². The molecule has 0 saturated heterocycles. The zero-order valence-electron chi connectivity index (χ0n) is 11.4. The van der Waals surface area contributed by atoms with E-state index in [-0.39, 0.29) is 16.9 Å². The molecule has 0 aliphatic heterocycles. The van der Waals surface area contributed by atoms with E-state index in [2.05, 4.69) is 20.2 Å². The lowest BCUT2D eigenvalue weighted by atomic mass is 10.1. The molecule has 106 valence electrons. The Kier molecular flexibility index (Phi) is 2.98. The van der Waals surface area contributed by atoms with Gasteiger partial charge in [-0.2, -0.15) is 5.10 Å². The van der Waals surface area contributed by atoms with Crippen molar-refractivity contribution in [3.05, 3.63) is 58.2 Å². The maximum absolute atomic E-state index is 12.4. The van der Waals surface area contributed by atoms with Gasteiger partial charge in [-0.15, -0.1) is 0 Å². The summed E-state index contributed by atoms with van der Waals surface area (Å²) in [7, 11) is 1.55. The first-order chi connectivity index (χ1) is 10.1. The summed E-state index contributed by atoms with van der Waals surface area (Å²) < 4.78 is 2.75. The molecule has 0 spiro atoms. The first-order valence-corrected chi connectivity index (χ1v) is 6.19. The lowest BCUT2D eigenvalue weighted by Crippen LogP contribution is -2.20. The van der Waals surface area contributed by atoms with Gasteiger partial charge in [0.05, 0.1) is 5.69 Å². The van der Waals surface area contributed by atoms with Crippen LogP contribution in [-0.2, 0) is 7.05 Å². The van der Waals surface area contributed by atoms with Gasteiger partial charge in [0.2, 0.25) is 5.78 Å². The molecular weight excluding hydrogens is 272 g/mol. The standard InChI is InChI=1S/C13H12N6O2/c1-8-9(12(20)10-5-15-18(2)13(10)21)3-4-11(17-8)19-7-14-6-16-19/h3-7,15H,1-2H3. The van der Waals surface area contributed by atoms with Gasteiger partial charge in [0.15, 0.2) is 5.82 Å². The third-order valence-corrected chi connectivity index (χ3v) is 3.15. The van der Waals surface area contributed by atoms with Crippen molar-refractivity contribution in [2.45, 2.75) is 6.92 Å². The fourth-order valence-electron chi connectivity index (χ4n) is 2.01. The third kappa shape index (κ3) is 2.16. The number of aromatic nitrogens is 6. The molecule has 8 nitrogen and oxygen atoms in total. The number of nitrogens with one attached hydrogen (secondary N) is 1. The Morgan fingerprint density at radius 3 is 2.67 bits per heavy atom. The van der Waals surface area contributed by atoms with E-state index in [0.717, 1.165) is 0 Å². The Balaban J connectivity index is 2.02. The molecule has 0 saturated carbocycles. The summed E-state index contributed by atoms with van der Waals surface area (Å²) in [5.41, 5.74) is 0.641. The molecule has 3 rings (SSSR count). The van der Waals surface area contributed by atoms with Gasteiger partial charge in [0.1, 0.15) is 18.2 Å². The summed E-state index contributed by atoms with van der Waals surface area (Å²) >= 11 is 0. The quantitative estimate of drug-likeness (QED) is 0.694. The van der Waals surface area contributed by atoms with E-state index in [1.54, 1.807) is 26.1 Å². The summed E-state index contributed by atoms with van der Waals surface area (Å²) in [5.74, 6) is 0.204. The zero-order valence-corrected chi connectivity index (χ0v) is 11.4. The average Bonchev–Trinajstić information content (AvgIpc) is 3.10. The number of nitrogens with zero attached hydrogens (tertiary/aromatic N) is 5. The molecule has 0 unspecified atom stereocenters. The van der Waals surface area contributed by atoms with Gasteiger partial charge in [-0.1, -0.05) is 0 Å². The normalized spacial score (nSPS) is 10.8. The summed E-state index contributed by atoms with van der Waals surface area (Å²) in [6.45, 7) is 1.71. The van der Waals surface area contributed by atoms with E-state index in [9.17, 15) is 9.59 Å². The first-order valence-electron chi connectivity index (χ1n) is 6.19. The number of H-pyrrole nitrogens is 1. The number of carbonyl (C=O) groups is 1. The van der Waals surface area contributed by atoms with Crippen LogP contribution in [0.1, 0.15) is 21.6 Å². The van der Waals surface area contributed by atoms with Gasteiger partial charge in [-0.25, -0.2) is 14.6 Å². The molecular formula is C13H12N6O2. The number of pyridine rings is 1. The number of hydrogen-bond acceptors (Lipinski definition) is 5. The molecule has 0 aliphatic carbocycles. The van der Waals surface area contributed by atoms with Crippen LogP contribution in [0.25, 0.3) is 5.82 Å². The maximum Gasteiger partial charge on any atom is 0.277 e. The van der Waals surface area contributed by atoms with Crippen LogP contribution in [0.4, 0.5) is 0 Å². The van der Waals surface area contributed by atoms with Crippen LogP contribution in [0.15, 0.2) is 35.8 Å². The predicted octanol–water partition coefficient (Wildman–Crippen LogP) is 0.229. The number of carbonyl (C=O) groups excluding carboxylic acids is 1. The number of aromatic amines is 1. The van der Waals surface area contributed by atoms with Crippen LogP contribution in [0.2, 0.25) is 0 Å². The van der Waals surface area contributed by atoms with Gasteiger partial charge in [-0.3, -0.25) is 14.3 Å². The minimum absolute atomic E-state index is 0.0934. The van der Waals surface area contributed by atoms with Crippen molar-refractivity contribution in [2.75, 3.05) is 0 Å². The van der Waals surface area contributed by atoms with E-state index in [4.69, 9.17) is 0 Å². The predicted molar refractivity (Wildman–Crippen MR) is 73.4 cm³/mol. The number of rotatable bonds is 3. The fraction of sp³-hybridized carbons (Fsp3) is 0.154. The largest absolute Gasteiger partial charge is 0.302 e. The van der Waals surface area contributed by atoms with E-state index < -0.39 is 0 Å². The van der Waals surface area contributed by atoms with Crippen LogP contribution >= 0.6 is 0 Å². The van der Waals surface area contributed by atoms with Gasteiger partial charge in [0, 0.05) is 18.8 Å². The summed E-state index contributed by atoms with van der Waals surface area (Å²) in [6, 6.07) is 3.29. The zero-order chi connectivity index (χ0) is 15.0. The highest BCUT2D eigenvalue weighted by Gasteiger charge is 2.18. The van der Waals surface area contributed by atoms with Gasteiger partial charge in [-0.05, 0) is 19.1 Å². The minimum atomic E-state index is -0.361. The summed E-state index contributed by atoms with van der Waals surface area (Å²) in [4.78, 5) is 32.4. The lowest BCUT2D eigenvalue weighted by Gasteiger charge is -2.05. The third-order valence-electron chi connectivity index (χ3n) is 3.15. The fourth-order valence-corrected chi connectivity index (χ4v) is 2.01. The van der Waals surface area contributed by atoms with Crippen LogP contribution in [0, 0.1) is 6.92 Å². The molecule has 0 radical (unpaired) electrons. The highest BCUT2D eigenvalue weighted by atomic mass is 16.2. The van der Waals surface area contributed by atoms with Gasteiger partial charge in [0.25, 0.3) is 5.56 Å². The SMILES string of the molecule is Cc1nc(-n2cncn2)ccc1C(=O)c1c[nH]n(C)c1=O. The Labute approximate surface area is 119 Å². The second-order valence-corrected chi connectivity index (χ2v) is 4.52. The van der Waals surface area contributed by atoms with E-state index in [0.29, 0.717) is 17.1 Å². The topological polar surface area (TPSA) is 98.5 Å². The molecule has 0 amide bonds.